The van der Waals surface area contributed by atoms with Gasteiger partial charge in [0.2, 0.25) is 5.91 Å². The molecule has 0 saturated carbocycles. The molecule has 1 heterocycles. The van der Waals surface area contributed by atoms with E-state index in [4.69, 9.17) is 4.74 Å². The number of benzene rings is 1. The molecule has 1 aromatic rings. The van der Waals surface area contributed by atoms with Crippen molar-refractivity contribution in [1.29, 1.82) is 0 Å². The number of rotatable bonds is 2. The number of carbonyl (C=O) groups is 2. The van der Waals surface area contributed by atoms with Gasteiger partial charge >= 0.3 is 5.97 Å². The van der Waals surface area contributed by atoms with Gasteiger partial charge in [0.05, 0.1) is 12.0 Å². The Morgan fingerprint density at radius 1 is 1.47 bits per heavy atom. The van der Waals surface area contributed by atoms with Crippen LogP contribution in [0, 0.1) is 0 Å². The quantitative estimate of drug-likeness (QED) is 0.734. The maximum atomic E-state index is 11.4. The lowest BCUT2D eigenvalue weighted by Crippen LogP contribution is -2.20. The molecule has 0 aromatic heterocycles. The monoisotopic (exact) mass is 205 g/mol. The van der Waals surface area contributed by atoms with Gasteiger partial charge in [-0.25, -0.2) is 4.79 Å². The van der Waals surface area contributed by atoms with E-state index in [1.54, 1.807) is 19.2 Å². The van der Waals surface area contributed by atoms with Crippen molar-refractivity contribution in [2.75, 3.05) is 7.05 Å². The molecule has 0 fully saturated rings. The van der Waals surface area contributed by atoms with E-state index in [2.05, 4.69) is 5.32 Å². The Morgan fingerprint density at radius 2 is 2.20 bits per heavy atom. The van der Waals surface area contributed by atoms with Crippen LogP contribution in [0.2, 0.25) is 0 Å². The van der Waals surface area contributed by atoms with Gasteiger partial charge in [-0.1, -0.05) is 18.2 Å². The Labute approximate surface area is 87.2 Å². The number of hydrogen-bond donors (Lipinski definition) is 1. The molecule has 78 valence electrons. The third-order valence-corrected chi connectivity index (χ3v) is 2.43. The molecule has 0 saturated heterocycles. The Kier molecular flexibility index (Phi) is 2.41. The second kappa shape index (κ2) is 3.73. The van der Waals surface area contributed by atoms with Crippen LogP contribution in [0.25, 0.3) is 0 Å². The molecule has 1 amide bonds. The molecule has 1 unspecified atom stereocenters. The molecular weight excluding hydrogens is 194 g/mol. The summed E-state index contributed by atoms with van der Waals surface area (Å²) in [6.45, 7) is 0. The van der Waals surface area contributed by atoms with Crippen LogP contribution >= 0.6 is 0 Å². The van der Waals surface area contributed by atoms with Crippen LogP contribution in [0.5, 0.6) is 0 Å². The minimum absolute atomic E-state index is 0.135. The Bertz CT molecular complexity index is 414. The number of esters is 1. The van der Waals surface area contributed by atoms with Crippen LogP contribution in [0.3, 0.4) is 0 Å². The van der Waals surface area contributed by atoms with Crippen LogP contribution in [0.15, 0.2) is 24.3 Å². The average molecular weight is 205 g/mol. The van der Waals surface area contributed by atoms with E-state index in [0.29, 0.717) is 5.56 Å². The molecule has 4 heteroatoms. The first-order chi connectivity index (χ1) is 7.22. The highest BCUT2D eigenvalue weighted by Gasteiger charge is 2.31. The second-order valence-electron chi connectivity index (χ2n) is 3.36. The smallest absolute Gasteiger partial charge is 0.339 e. The van der Waals surface area contributed by atoms with Gasteiger partial charge in [-0.15, -0.1) is 0 Å². The SMILES string of the molecule is CNC(=O)CC1OC(=O)c2ccccc21. The lowest BCUT2D eigenvalue weighted by atomic mass is 10.0. The number of nitrogens with one attached hydrogen (secondary N) is 1. The van der Waals surface area contributed by atoms with Crippen LogP contribution < -0.4 is 5.32 Å². The second-order valence-corrected chi connectivity index (χ2v) is 3.36. The van der Waals surface area contributed by atoms with Crippen molar-refractivity contribution in [2.45, 2.75) is 12.5 Å². The summed E-state index contributed by atoms with van der Waals surface area (Å²) >= 11 is 0. The summed E-state index contributed by atoms with van der Waals surface area (Å²) in [5.41, 5.74) is 1.36. The van der Waals surface area contributed by atoms with E-state index < -0.39 is 6.10 Å². The minimum Gasteiger partial charge on any atom is -0.453 e. The fourth-order valence-corrected chi connectivity index (χ4v) is 1.64. The highest BCUT2D eigenvalue weighted by Crippen LogP contribution is 2.32. The van der Waals surface area contributed by atoms with Gasteiger partial charge < -0.3 is 10.1 Å². The largest absolute Gasteiger partial charge is 0.453 e. The average Bonchev–Trinajstić information content (AvgIpc) is 2.57. The van der Waals surface area contributed by atoms with Gasteiger partial charge in [0.25, 0.3) is 0 Å². The zero-order valence-corrected chi connectivity index (χ0v) is 8.32. The van der Waals surface area contributed by atoms with Gasteiger partial charge in [-0.05, 0) is 6.07 Å². The number of amides is 1. The van der Waals surface area contributed by atoms with Gasteiger partial charge in [0.1, 0.15) is 6.10 Å². The summed E-state index contributed by atoms with van der Waals surface area (Å²) in [5, 5.41) is 2.51. The van der Waals surface area contributed by atoms with Crippen molar-refractivity contribution < 1.29 is 14.3 Å². The highest BCUT2D eigenvalue weighted by atomic mass is 16.5. The summed E-state index contributed by atoms with van der Waals surface area (Å²) < 4.78 is 5.10. The molecule has 0 radical (unpaired) electrons. The van der Waals surface area contributed by atoms with Gasteiger partial charge in [-0.3, -0.25) is 4.79 Å². The van der Waals surface area contributed by atoms with Gasteiger partial charge in [0.15, 0.2) is 0 Å². The predicted molar refractivity (Wildman–Crippen MR) is 53.3 cm³/mol. The van der Waals surface area contributed by atoms with Crippen molar-refractivity contribution in [2.24, 2.45) is 0 Å². The van der Waals surface area contributed by atoms with E-state index in [9.17, 15) is 9.59 Å². The standard InChI is InChI=1S/C11H11NO3/c1-12-10(13)6-9-7-4-2-3-5-8(7)11(14)15-9/h2-5,9H,6H2,1H3,(H,12,13). The molecule has 15 heavy (non-hydrogen) atoms. The Balaban J connectivity index is 2.25. The van der Waals surface area contributed by atoms with E-state index in [1.165, 1.54) is 0 Å². The predicted octanol–water partition coefficient (Wildman–Crippen LogP) is 1.03. The maximum Gasteiger partial charge on any atom is 0.339 e. The van der Waals surface area contributed by atoms with E-state index in [1.807, 2.05) is 12.1 Å². The summed E-state index contributed by atoms with van der Waals surface area (Å²) in [6.07, 6.45) is -0.257. The summed E-state index contributed by atoms with van der Waals surface area (Å²) in [5.74, 6) is -0.482. The fourth-order valence-electron chi connectivity index (χ4n) is 1.64. The van der Waals surface area contributed by atoms with Crippen molar-refractivity contribution in [1.82, 2.24) is 5.32 Å². The third kappa shape index (κ3) is 1.70. The molecule has 1 aliphatic rings. The lowest BCUT2D eigenvalue weighted by Gasteiger charge is -2.08. The summed E-state index contributed by atoms with van der Waals surface area (Å²) in [6, 6.07) is 7.13. The molecule has 0 bridgehead atoms. The molecule has 1 N–H and O–H groups in total. The molecule has 0 spiro atoms. The highest BCUT2D eigenvalue weighted by molar-refractivity contribution is 5.94. The number of cyclic esters (lactones) is 1. The Morgan fingerprint density at radius 3 is 2.93 bits per heavy atom. The molecule has 1 aliphatic heterocycles. The molecule has 1 atom stereocenters. The van der Waals surface area contributed by atoms with Gasteiger partial charge in [0, 0.05) is 12.6 Å². The maximum absolute atomic E-state index is 11.4. The summed E-state index contributed by atoms with van der Waals surface area (Å²) in [4.78, 5) is 22.6. The third-order valence-electron chi connectivity index (χ3n) is 2.43. The van der Waals surface area contributed by atoms with Crippen LogP contribution in [-0.4, -0.2) is 18.9 Å². The normalized spacial score (nSPS) is 18.2. The number of carbonyl (C=O) groups excluding carboxylic acids is 2. The van der Waals surface area contributed by atoms with Gasteiger partial charge in [-0.2, -0.15) is 0 Å². The number of ether oxygens (including phenoxy) is 1. The minimum atomic E-state index is -0.436. The first-order valence-electron chi connectivity index (χ1n) is 4.73. The van der Waals surface area contributed by atoms with Crippen LogP contribution in [0.1, 0.15) is 28.4 Å². The van der Waals surface area contributed by atoms with Crippen molar-refractivity contribution >= 4 is 11.9 Å². The summed E-state index contributed by atoms with van der Waals surface area (Å²) in [7, 11) is 1.56. The first-order valence-corrected chi connectivity index (χ1v) is 4.73. The first kappa shape index (κ1) is 9.71. The van der Waals surface area contributed by atoms with E-state index in [0.717, 1.165) is 5.56 Å². The number of hydrogen-bond acceptors (Lipinski definition) is 3. The van der Waals surface area contributed by atoms with Crippen molar-refractivity contribution in [3.05, 3.63) is 35.4 Å². The fraction of sp³-hybridized carbons (Fsp3) is 0.273. The topological polar surface area (TPSA) is 55.4 Å². The molecular formula is C11H11NO3. The van der Waals surface area contributed by atoms with E-state index in [-0.39, 0.29) is 18.3 Å². The molecule has 0 aliphatic carbocycles. The van der Waals surface area contributed by atoms with E-state index >= 15 is 0 Å². The van der Waals surface area contributed by atoms with Crippen LogP contribution in [-0.2, 0) is 9.53 Å². The zero-order chi connectivity index (χ0) is 10.8. The van der Waals surface area contributed by atoms with Crippen molar-refractivity contribution in [3.63, 3.8) is 0 Å². The molecule has 4 nitrogen and oxygen atoms in total. The Hall–Kier alpha value is -1.84. The molecule has 1 aromatic carbocycles. The lowest BCUT2D eigenvalue weighted by molar-refractivity contribution is -0.122. The number of fused-ring (bicyclic) bond motifs is 1. The molecule has 2 rings (SSSR count). The zero-order valence-electron chi connectivity index (χ0n) is 8.32. The van der Waals surface area contributed by atoms with Crippen molar-refractivity contribution in [3.8, 4) is 0 Å². The van der Waals surface area contributed by atoms with Crippen LogP contribution in [0.4, 0.5) is 0 Å².